The Morgan fingerprint density at radius 1 is 1.12 bits per heavy atom. The largest absolute Gasteiger partial charge is 0.452 e. The van der Waals surface area contributed by atoms with E-state index in [1.54, 1.807) is 16.2 Å². The number of carbonyl (C=O) groups excluding carboxylic acids is 2. The highest BCUT2D eigenvalue weighted by Gasteiger charge is 2.31. The first-order valence-electron chi connectivity index (χ1n) is 10.2. The molecule has 1 aliphatic heterocycles. The molecule has 1 amide bonds. The lowest BCUT2D eigenvalue weighted by atomic mass is 10.2. The van der Waals surface area contributed by atoms with Crippen molar-refractivity contribution in [3.63, 3.8) is 0 Å². The molecule has 0 bridgehead atoms. The summed E-state index contributed by atoms with van der Waals surface area (Å²) in [7, 11) is -4.01. The Kier molecular flexibility index (Phi) is 6.75. The van der Waals surface area contributed by atoms with Crippen LogP contribution in [0.1, 0.15) is 34.1 Å². The van der Waals surface area contributed by atoms with Crippen molar-refractivity contribution in [2.45, 2.75) is 23.8 Å². The average molecular weight is 489 g/mol. The van der Waals surface area contributed by atoms with Gasteiger partial charge in [-0.15, -0.1) is 11.3 Å². The smallest absolute Gasteiger partial charge is 0.338 e. The normalized spacial score (nSPS) is 15.9. The van der Waals surface area contributed by atoms with Crippen molar-refractivity contribution in [2.75, 3.05) is 17.9 Å². The number of nitrogens with zero attached hydrogens (tertiary/aromatic N) is 1. The fourth-order valence-corrected chi connectivity index (χ4v) is 5.64. The number of amides is 1. The van der Waals surface area contributed by atoms with Gasteiger partial charge in [0.2, 0.25) is 0 Å². The summed E-state index contributed by atoms with van der Waals surface area (Å²) in [4.78, 5) is 27.8. The van der Waals surface area contributed by atoms with Crippen molar-refractivity contribution < 1.29 is 27.1 Å². The number of carbonyl (C=O) groups is 2. The lowest BCUT2D eigenvalue weighted by Crippen LogP contribution is -2.34. The first kappa shape index (κ1) is 22.9. The van der Waals surface area contributed by atoms with E-state index in [2.05, 4.69) is 4.72 Å². The van der Waals surface area contributed by atoms with E-state index in [1.807, 2.05) is 17.5 Å². The van der Waals surface area contributed by atoms with Gasteiger partial charge in [0.15, 0.2) is 6.61 Å². The van der Waals surface area contributed by atoms with Crippen LogP contribution in [0.15, 0.2) is 70.9 Å². The molecule has 10 heteroatoms. The fourth-order valence-electron chi connectivity index (χ4n) is 3.66. The molecule has 7 nitrogen and oxygen atoms in total. The van der Waals surface area contributed by atoms with Gasteiger partial charge in [0, 0.05) is 17.1 Å². The number of halogens is 1. The Bertz CT molecular complexity index is 1240. The van der Waals surface area contributed by atoms with Gasteiger partial charge in [-0.1, -0.05) is 12.1 Å². The van der Waals surface area contributed by atoms with Crippen molar-refractivity contribution in [1.82, 2.24) is 4.90 Å². The highest BCUT2D eigenvalue weighted by Crippen LogP contribution is 2.34. The lowest BCUT2D eigenvalue weighted by molar-refractivity contribution is -0.135. The molecule has 2 heterocycles. The van der Waals surface area contributed by atoms with Gasteiger partial charge in [-0.05, 0) is 66.8 Å². The topological polar surface area (TPSA) is 92.8 Å². The maximum Gasteiger partial charge on any atom is 0.338 e. The summed E-state index contributed by atoms with van der Waals surface area (Å²) in [5, 5.41) is 1.96. The number of benzene rings is 2. The molecule has 1 saturated heterocycles. The molecule has 1 atom stereocenters. The van der Waals surface area contributed by atoms with Crippen molar-refractivity contribution in [1.29, 1.82) is 0 Å². The minimum absolute atomic E-state index is 0.000935. The van der Waals surface area contributed by atoms with Crippen LogP contribution in [0.2, 0.25) is 0 Å². The molecule has 0 radical (unpaired) electrons. The summed E-state index contributed by atoms with van der Waals surface area (Å²) >= 11 is 1.58. The zero-order valence-corrected chi connectivity index (χ0v) is 19.1. The van der Waals surface area contributed by atoms with E-state index in [1.165, 1.54) is 36.4 Å². The standard InChI is InChI=1S/C23H21FN2O5S2/c24-17-8-10-18(11-9-17)25-33(29,30)19-5-1-4-16(14-19)23(28)31-15-22(27)26-12-2-6-20(26)21-7-3-13-32-21/h1,3-5,7-11,13-14,20,25H,2,6,12,15H2. The van der Waals surface area contributed by atoms with E-state index in [-0.39, 0.29) is 28.1 Å². The van der Waals surface area contributed by atoms with Crippen molar-refractivity contribution in [3.8, 4) is 0 Å². The van der Waals surface area contributed by atoms with Crippen LogP contribution in [0, 0.1) is 5.82 Å². The number of esters is 1. The molecule has 1 N–H and O–H groups in total. The molecule has 1 aromatic heterocycles. The number of rotatable bonds is 7. The molecule has 1 aliphatic rings. The van der Waals surface area contributed by atoms with Gasteiger partial charge in [-0.2, -0.15) is 0 Å². The highest BCUT2D eigenvalue weighted by atomic mass is 32.2. The van der Waals surface area contributed by atoms with Gasteiger partial charge < -0.3 is 9.64 Å². The molecule has 0 saturated carbocycles. The number of thiophene rings is 1. The molecular formula is C23H21FN2O5S2. The second kappa shape index (κ2) is 9.72. The number of ether oxygens (including phenoxy) is 1. The van der Waals surface area contributed by atoms with E-state index in [0.29, 0.717) is 6.54 Å². The maximum absolute atomic E-state index is 13.1. The average Bonchev–Trinajstić information content (AvgIpc) is 3.50. The van der Waals surface area contributed by atoms with Gasteiger partial charge in [0.25, 0.3) is 15.9 Å². The van der Waals surface area contributed by atoms with Gasteiger partial charge in [0.1, 0.15) is 5.82 Å². The Balaban J connectivity index is 1.40. The molecule has 172 valence electrons. The predicted octanol–water partition coefficient (Wildman–Crippen LogP) is 4.21. The molecule has 1 fully saturated rings. The monoisotopic (exact) mass is 488 g/mol. The number of likely N-dealkylation sites (tertiary alicyclic amines) is 1. The van der Waals surface area contributed by atoms with Crippen LogP contribution in [-0.2, 0) is 19.6 Å². The highest BCUT2D eigenvalue weighted by molar-refractivity contribution is 7.92. The number of nitrogens with one attached hydrogen (secondary N) is 1. The molecule has 0 spiro atoms. The van der Waals surface area contributed by atoms with Crippen molar-refractivity contribution >= 4 is 38.9 Å². The van der Waals surface area contributed by atoms with Crippen LogP contribution in [0.25, 0.3) is 0 Å². The van der Waals surface area contributed by atoms with Crippen LogP contribution >= 0.6 is 11.3 Å². The SMILES string of the molecule is O=C(OCC(=O)N1CCCC1c1cccs1)c1cccc(S(=O)(=O)Nc2ccc(F)cc2)c1. The quantitative estimate of drug-likeness (QED) is 0.503. The molecule has 2 aromatic carbocycles. The second-order valence-electron chi connectivity index (χ2n) is 7.48. The van der Waals surface area contributed by atoms with E-state index in [4.69, 9.17) is 4.74 Å². The molecule has 4 rings (SSSR count). The van der Waals surface area contributed by atoms with Gasteiger partial charge >= 0.3 is 5.97 Å². The Morgan fingerprint density at radius 3 is 2.64 bits per heavy atom. The van der Waals surface area contributed by atoms with Crippen LogP contribution in [0.4, 0.5) is 10.1 Å². The molecule has 33 heavy (non-hydrogen) atoms. The van der Waals surface area contributed by atoms with Gasteiger partial charge in [-0.25, -0.2) is 17.6 Å². The molecule has 0 aliphatic carbocycles. The first-order valence-corrected chi connectivity index (χ1v) is 12.6. The number of hydrogen-bond acceptors (Lipinski definition) is 6. The van der Waals surface area contributed by atoms with Crippen LogP contribution < -0.4 is 4.72 Å². The van der Waals surface area contributed by atoms with Crippen molar-refractivity contribution in [3.05, 3.63) is 82.3 Å². The van der Waals surface area contributed by atoms with Gasteiger partial charge in [-0.3, -0.25) is 9.52 Å². The summed E-state index contributed by atoms with van der Waals surface area (Å²) in [6.07, 6.45) is 1.74. The summed E-state index contributed by atoms with van der Waals surface area (Å²) in [6, 6.07) is 14.1. The lowest BCUT2D eigenvalue weighted by Gasteiger charge is -2.23. The zero-order valence-electron chi connectivity index (χ0n) is 17.4. The summed E-state index contributed by atoms with van der Waals surface area (Å²) in [6.45, 7) is 0.174. The Morgan fingerprint density at radius 2 is 1.91 bits per heavy atom. The number of hydrogen-bond donors (Lipinski definition) is 1. The van der Waals surface area contributed by atoms with Crippen LogP contribution in [0.3, 0.4) is 0 Å². The maximum atomic E-state index is 13.1. The van der Waals surface area contributed by atoms with Gasteiger partial charge in [0.05, 0.1) is 16.5 Å². The molecule has 3 aromatic rings. The Labute approximate surface area is 194 Å². The predicted molar refractivity (Wildman–Crippen MR) is 122 cm³/mol. The third-order valence-corrected chi connectivity index (χ3v) is 7.60. The van der Waals surface area contributed by atoms with E-state index >= 15 is 0 Å². The minimum Gasteiger partial charge on any atom is -0.452 e. The first-order chi connectivity index (χ1) is 15.8. The number of anilines is 1. The molecular weight excluding hydrogens is 467 g/mol. The number of sulfonamides is 1. The summed E-state index contributed by atoms with van der Waals surface area (Å²) in [5.74, 6) is -1.58. The van der Waals surface area contributed by atoms with Crippen LogP contribution in [0.5, 0.6) is 0 Å². The van der Waals surface area contributed by atoms with E-state index < -0.39 is 28.4 Å². The second-order valence-corrected chi connectivity index (χ2v) is 10.1. The van der Waals surface area contributed by atoms with E-state index in [9.17, 15) is 22.4 Å². The van der Waals surface area contributed by atoms with Crippen molar-refractivity contribution in [2.24, 2.45) is 0 Å². The third kappa shape index (κ3) is 5.40. The van der Waals surface area contributed by atoms with Crippen LogP contribution in [-0.4, -0.2) is 38.3 Å². The summed E-state index contributed by atoms with van der Waals surface area (Å²) < 4.78 is 45.8. The fraction of sp³-hybridized carbons (Fsp3) is 0.217. The third-order valence-electron chi connectivity index (χ3n) is 5.25. The summed E-state index contributed by atoms with van der Waals surface area (Å²) in [5.41, 5.74) is 0.182. The minimum atomic E-state index is -4.01. The molecule has 1 unspecified atom stereocenters. The Hall–Kier alpha value is -3.24. The zero-order chi connectivity index (χ0) is 23.4. The van der Waals surface area contributed by atoms with E-state index in [0.717, 1.165) is 29.9 Å².